The number of hydrogen-bond acceptors (Lipinski definition) is 12. The molecule has 2 aromatic rings. The highest BCUT2D eigenvalue weighted by molar-refractivity contribution is 5.56. The van der Waals surface area contributed by atoms with Crippen molar-refractivity contribution >= 4 is 6.08 Å². The minimum Gasteiger partial charge on any atom is -0.504 e. The number of benzene rings is 2. The van der Waals surface area contributed by atoms with Gasteiger partial charge in [-0.1, -0.05) is 24.3 Å². The topological polar surface area (TPSA) is 188 Å². The summed E-state index contributed by atoms with van der Waals surface area (Å²) in [5.74, 6) is 0.484. The van der Waals surface area contributed by atoms with E-state index in [9.17, 15) is 30.6 Å². The highest BCUT2D eigenvalue weighted by atomic mass is 16.7. The number of hydrogen-bond donors (Lipinski definition) is 7. The molecule has 12 heteroatoms. The fourth-order valence-electron chi connectivity index (χ4n) is 4.02. The van der Waals surface area contributed by atoms with Crippen LogP contribution in [0.15, 0.2) is 42.5 Å². The molecule has 7 N–H and O–H groups in total. The first-order valence-electron chi connectivity index (χ1n) is 11.8. The summed E-state index contributed by atoms with van der Waals surface area (Å²) >= 11 is 0. The maximum Gasteiger partial charge on any atom is 0.187 e. The van der Waals surface area contributed by atoms with Crippen molar-refractivity contribution in [3.63, 3.8) is 0 Å². The standard InChI is InChI=1S/C26H34O12/c1-34-17-8-6-15(11-16(17)30)25(38-26-24(33)23(32)22(31)20(12-28)37-26)21(13-29)36-18-7-5-14(4-3-9-27)10-19(18)35-2/h3-8,10-11,20-33H,9,12-13H2,1-2H3/b4-3+/t20-,21?,22-,23+,24-,25?,26+/m1/s1. The van der Waals surface area contributed by atoms with Crippen molar-refractivity contribution in [3.8, 4) is 23.0 Å². The molecule has 0 spiro atoms. The lowest BCUT2D eigenvalue weighted by Crippen LogP contribution is -2.59. The second-order valence-corrected chi connectivity index (χ2v) is 8.52. The Hall–Kier alpha value is -2.94. The van der Waals surface area contributed by atoms with Gasteiger partial charge in [0.05, 0.1) is 34.0 Å². The predicted octanol–water partition coefficient (Wildman–Crippen LogP) is -0.288. The Morgan fingerprint density at radius 1 is 0.895 bits per heavy atom. The van der Waals surface area contributed by atoms with Gasteiger partial charge in [-0.25, -0.2) is 0 Å². The number of aliphatic hydroxyl groups is 6. The first-order valence-corrected chi connectivity index (χ1v) is 11.8. The van der Waals surface area contributed by atoms with Gasteiger partial charge in [0.1, 0.15) is 30.5 Å². The van der Waals surface area contributed by atoms with Gasteiger partial charge in [-0.15, -0.1) is 0 Å². The third kappa shape index (κ3) is 6.73. The van der Waals surface area contributed by atoms with Crippen LogP contribution in [-0.4, -0.2) is 107 Å². The van der Waals surface area contributed by atoms with Crippen LogP contribution in [0.2, 0.25) is 0 Å². The highest BCUT2D eigenvalue weighted by Gasteiger charge is 2.46. The van der Waals surface area contributed by atoms with Gasteiger partial charge in [0, 0.05) is 0 Å². The van der Waals surface area contributed by atoms with Gasteiger partial charge in [0.2, 0.25) is 0 Å². The van der Waals surface area contributed by atoms with Crippen LogP contribution in [-0.2, 0) is 9.47 Å². The van der Waals surface area contributed by atoms with Gasteiger partial charge in [0.25, 0.3) is 0 Å². The Kier molecular flexibility index (Phi) is 10.7. The molecular formula is C26H34O12. The second kappa shape index (κ2) is 13.7. The fraction of sp³-hybridized carbons (Fsp3) is 0.462. The van der Waals surface area contributed by atoms with Crippen molar-refractivity contribution in [2.45, 2.75) is 42.9 Å². The van der Waals surface area contributed by atoms with E-state index in [1.54, 1.807) is 36.4 Å². The molecule has 2 aromatic carbocycles. The normalized spacial score (nSPS) is 25.2. The summed E-state index contributed by atoms with van der Waals surface area (Å²) in [6.45, 7) is -1.41. The van der Waals surface area contributed by atoms with Crippen molar-refractivity contribution < 1.29 is 59.4 Å². The van der Waals surface area contributed by atoms with Crippen LogP contribution in [0.1, 0.15) is 17.2 Å². The maximum absolute atomic E-state index is 10.5. The molecule has 1 heterocycles. The lowest BCUT2D eigenvalue weighted by Gasteiger charge is -2.41. The zero-order valence-electron chi connectivity index (χ0n) is 21.0. The van der Waals surface area contributed by atoms with E-state index in [0.717, 1.165) is 5.56 Å². The molecule has 1 saturated heterocycles. The van der Waals surface area contributed by atoms with E-state index >= 15 is 0 Å². The fourth-order valence-corrected chi connectivity index (χ4v) is 4.02. The minimum atomic E-state index is -1.71. The third-order valence-corrected chi connectivity index (χ3v) is 6.06. The number of methoxy groups -OCH3 is 2. The van der Waals surface area contributed by atoms with Gasteiger partial charge in [-0.2, -0.15) is 0 Å². The van der Waals surface area contributed by atoms with E-state index in [0.29, 0.717) is 11.3 Å². The number of rotatable bonds is 12. The molecule has 0 aromatic heterocycles. The van der Waals surface area contributed by atoms with Crippen LogP contribution >= 0.6 is 0 Å². The predicted molar refractivity (Wildman–Crippen MR) is 133 cm³/mol. The van der Waals surface area contributed by atoms with Gasteiger partial charge >= 0.3 is 0 Å². The number of ether oxygens (including phenoxy) is 5. The molecular weight excluding hydrogens is 504 g/mol. The smallest absolute Gasteiger partial charge is 0.187 e. The molecule has 0 radical (unpaired) electrons. The Balaban J connectivity index is 1.97. The molecule has 3 rings (SSSR count). The van der Waals surface area contributed by atoms with Gasteiger partial charge in [0.15, 0.2) is 35.4 Å². The minimum absolute atomic E-state index is 0.140. The molecule has 0 aliphatic carbocycles. The summed E-state index contributed by atoms with van der Waals surface area (Å²) in [6, 6.07) is 9.27. The number of phenols is 1. The van der Waals surface area contributed by atoms with Crippen LogP contribution in [0.5, 0.6) is 23.0 Å². The largest absolute Gasteiger partial charge is 0.504 e. The summed E-state index contributed by atoms with van der Waals surface area (Å²) in [5.41, 5.74) is 1.01. The third-order valence-electron chi connectivity index (χ3n) is 6.06. The zero-order valence-corrected chi connectivity index (χ0v) is 21.0. The highest BCUT2D eigenvalue weighted by Crippen LogP contribution is 2.37. The van der Waals surface area contributed by atoms with Gasteiger partial charge < -0.3 is 59.4 Å². The van der Waals surface area contributed by atoms with E-state index in [1.807, 2.05) is 0 Å². The van der Waals surface area contributed by atoms with E-state index in [-0.39, 0.29) is 23.9 Å². The lowest BCUT2D eigenvalue weighted by atomic mass is 9.98. The van der Waals surface area contributed by atoms with Crippen molar-refractivity contribution in [1.29, 1.82) is 0 Å². The van der Waals surface area contributed by atoms with E-state index in [1.165, 1.54) is 26.4 Å². The molecule has 12 nitrogen and oxygen atoms in total. The van der Waals surface area contributed by atoms with Crippen molar-refractivity contribution in [2.75, 3.05) is 34.0 Å². The van der Waals surface area contributed by atoms with E-state index in [2.05, 4.69) is 0 Å². The monoisotopic (exact) mass is 538 g/mol. The van der Waals surface area contributed by atoms with Crippen molar-refractivity contribution in [1.82, 2.24) is 0 Å². The van der Waals surface area contributed by atoms with Crippen LogP contribution in [0.4, 0.5) is 0 Å². The SMILES string of the molecule is COc1ccc(C(O[C@@H]2O[C@H](CO)[C@@H](O)[C@H](O)[C@H]2O)C(CO)Oc2ccc(/C=C/CO)cc2OC)cc1O. The lowest BCUT2D eigenvalue weighted by molar-refractivity contribution is -0.318. The summed E-state index contributed by atoms with van der Waals surface area (Å²) < 4.78 is 28.0. The summed E-state index contributed by atoms with van der Waals surface area (Å²) in [5, 5.41) is 70.1. The number of phenolic OH excluding ortho intramolecular Hbond substituents is 1. The molecule has 0 saturated carbocycles. The van der Waals surface area contributed by atoms with Crippen molar-refractivity contribution in [3.05, 3.63) is 53.6 Å². The molecule has 1 aliphatic heterocycles. The van der Waals surface area contributed by atoms with Crippen molar-refractivity contribution in [2.24, 2.45) is 0 Å². The zero-order chi connectivity index (χ0) is 27.8. The average Bonchev–Trinajstić information content (AvgIpc) is 2.93. The summed E-state index contributed by atoms with van der Waals surface area (Å²) in [4.78, 5) is 0. The van der Waals surface area contributed by atoms with E-state index < -0.39 is 56.1 Å². The Labute approximate surface area is 219 Å². The van der Waals surface area contributed by atoms with Crippen LogP contribution in [0, 0.1) is 0 Å². The molecule has 7 atom stereocenters. The first-order chi connectivity index (χ1) is 18.3. The molecule has 0 bridgehead atoms. The molecule has 38 heavy (non-hydrogen) atoms. The Morgan fingerprint density at radius 2 is 1.61 bits per heavy atom. The number of aliphatic hydroxyl groups excluding tert-OH is 6. The molecule has 210 valence electrons. The van der Waals surface area contributed by atoms with Gasteiger partial charge in [-0.3, -0.25) is 0 Å². The maximum atomic E-state index is 10.5. The molecule has 1 fully saturated rings. The van der Waals surface area contributed by atoms with Crippen LogP contribution in [0.25, 0.3) is 6.08 Å². The Bertz CT molecular complexity index is 1060. The first kappa shape index (κ1) is 29.6. The van der Waals surface area contributed by atoms with Gasteiger partial charge in [-0.05, 0) is 35.4 Å². The summed E-state index contributed by atoms with van der Waals surface area (Å²) in [6.07, 6.45) is -6.92. The quantitative estimate of drug-likeness (QED) is 0.187. The molecule has 1 aliphatic rings. The summed E-state index contributed by atoms with van der Waals surface area (Å²) in [7, 11) is 2.81. The molecule has 0 amide bonds. The van der Waals surface area contributed by atoms with Crippen LogP contribution < -0.4 is 14.2 Å². The van der Waals surface area contributed by atoms with Crippen LogP contribution in [0.3, 0.4) is 0 Å². The molecule has 2 unspecified atom stereocenters. The average molecular weight is 539 g/mol. The number of aromatic hydroxyl groups is 1. The second-order valence-electron chi connectivity index (χ2n) is 8.52. The van der Waals surface area contributed by atoms with E-state index in [4.69, 9.17) is 28.8 Å². The Morgan fingerprint density at radius 3 is 2.21 bits per heavy atom.